The van der Waals surface area contributed by atoms with Crippen molar-refractivity contribution in [2.24, 2.45) is 0 Å². The lowest BCUT2D eigenvalue weighted by molar-refractivity contribution is 0.580. The van der Waals surface area contributed by atoms with Crippen molar-refractivity contribution in [3.8, 4) is 0 Å². The van der Waals surface area contributed by atoms with Gasteiger partial charge in [-0.1, -0.05) is 6.92 Å². The lowest BCUT2D eigenvalue weighted by atomic mass is 10.2. The lowest BCUT2D eigenvalue weighted by Crippen LogP contribution is -2.18. The van der Waals surface area contributed by atoms with Gasteiger partial charge >= 0.3 is 0 Å². The molecule has 0 amide bonds. The zero-order valence-corrected chi connectivity index (χ0v) is 7.83. The number of hydrogen-bond acceptors (Lipinski definition) is 3. The first-order chi connectivity index (χ1) is 5.74. The van der Waals surface area contributed by atoms with Gasteiger partial charge in [0.15, 0.2) is 0 Å². The standard InChI is InChI=1S/C9H15N3/c1-4-10-8(3)9-6-11-7(2)5-12-9/h5-6,8,10H,4H2,1-3H3. The van der Waals surface area contributed by atoms with Crippen LogP contribution in [-0.2, 0) is 0 Å². The molecule has 1 aromatic heterocycles. The monoisotopic (exact) mass is 165 g/mol. The van der Waals surface area contributed by atoms with Gasteiger partial charge in [0.25, 0.3) is 0 Å². The molecule has 0 fully saturated rings. The molecule has 1 atom stereocenters. The van der Waals surface area contributed by atoms with Gasteiger partial charge in [-0.3, -0.25) is 9.97 Å². The second-order valence-corrected chi connectivity index (χ2v) is 2.86. The Labute approximate surface area is 73.2 Å². The summed E-state index contributed by atoms with van der Waals surface area (Å²) >= 11 is 0. The van der Waals surface area contributed by atoms with Crippen molar-refractivity contribution in [1.82, 2.24) is 15.3 Å². The van der Waals surface area contributed by atoms with Gasteiger partial charge in [0.2, 0.25) is 0 Å². The lowest BCUT2D eigenvalue weighted by Gasteiger charge is -2.10. The van der Waals surface area contributed by atoms with Crippen molar-refractivity contribution in [3.05, 3.63) is 23.8 Å². The molecule has 3 nitrogen and oxygen atoms in total. The molecule has 0 radical (unpaired) electrons. The molecule has 0 spiro atoms. The Balaban J connectivity index is 2.68. The minimum Gasteiger partial charge on any atom is -0.309 e. The highest BCUT2D eigenvalue weighted by atomic mass is 14.9. The SMILES string of the molecule is CCNC(C)c1cnc(C)cn1. The first-order valence-electron chi connectivity index (χ1n) is 4.26. The number of nitrogens with zero attached hydrogens (tertiary/aromatic N) is 2. The third-order valence-electron chi connectivity index (χ3n) is 1.75. The van der Waals surface area contributed by atoms with E-state index in [4.69, 9.17) is 0 Å². The molecule has 0 aliphatic rings. The van der Waals surface area contributed by atoms with Crippen LogP contribution in [0.5, 0.6) is 0 Å². The maximum absolute atomic E-state index is 4.27. The third kappa shape index (κ3) is 2.27. The van der Waals surface area contributed by atoms with Gasteiger partial charge < -0.3 is 5.32 Å². The first kappa shape index (κ1) is 9.13. The molecule has 0 aliphatic heterocycles. The van der Waals surface area contributed by atoms with Crippen LogP contribution in [0.3, 0.4) is 0 Å². The van der Waals surface area contributed by atoms with Crippen molar-refractivity contribution >= 4 is 0 Å². The van der Waals surface area contributed by atoms with E-state index in [1.165, 1.54) is 0 Å². The molecule has 1 aromatic rings. The molecule has 1 unspecified atom stereocenters. The summed E-state index contributed by atoms with van der Waals surface area (Å²) in [4.78, 5) is 8.45. The van der Waals surface area contributed by atoms with Crippen molar-refractivity contribution in [2.45, 2.75) is 26.8 Å². The quantitative estimate of drug-likeness (QED) is 0.736. The summed E-state index contributed by atoms with van der Waals surface area (Å²) in [6, 6.07) is 0.295. The fourth-order valence-electron chi connectivity index (χ4n) is 1.04. The van der Waals surface area contributed by atoms with E-state index in [0.29, 0.717) is 6.04 Å². The summed E-state index contributed by atoms with van der Waals surface area (Å²) in [5.41, 5.74) is 1.96. The van der Waals surface area contributed by atoms with Crippen LogP contribution in [0.1, 0.15) is 31.3 Å². The smallest absolute Gasteiger partial charge is 0.0753 e. The second-order valence-electron chi connectivity index (χ2n) is 2.86. The molecule has 1 heterocycles. The number of aryl methyl sites for hydroxylation is 1. The Morgan fingerprint density at radius 1 is 1.42 bits per heavy atom. The Morgan fingerprint density at radius 3 is 2.67 bits per heavy atom. The summed E-state index contributed by atoms with van der Waals surface area (Å²) in [5, 5.41) is 3.28. The zero-order valence-electron chi connectivity index (χ0n) is 7.83. The van der Waals surface area contributed by atoms with Crippen molar-refractivity contribution in [3.63, 3.8) is 0 Å². The summed E-state index contributed by atoms with van der Waals surface area (Å²) in [6.45, 7) is 7.06. The second kappa shape index (κ2) is 4.16. The normalized spacial score (nSPS) is 12.9. The van der Waals surface area contributed by atoms with Crippen molar-refractivity contribution in [1.29, 1.82) is 0 Å². The Bertz CT molecular complexity index is 230. The largest absolute Gasteiger partial charge is 0.309 e. The number of rotatable bonds is 3. The number of hydrogen-bond donors (Lipinski definition) is 1. The summed E-state index contributed by atoms with van der Waals surface area (Å²) in [7, 11) is 0. The van der Waals surface area contributed by atoms with Crippen LogP contribution in [0.15, 0.2) is 12.4 Å². The highest BCUT2D eigenvalue weighted by Crippen LogP contribution is 2.06. The van der Waals surface area contributed by atoms with Gasteiger partial charge in [0.05, 0.1) is 17.6 Å². The van der Waals surface area contributed by atoms with Gasteiger partial charge in [0.1, 0.15) is 0 Å². The summed E-state index contributed by atoms with van der Waals surface area (Å²) < 4.78 is 0. The van der Waals surface area contributed by atoms with Crippen molar-refractivity contribution < 1.29 is 0 Å². The Hall–Kier alpha value is -0.960. The van der Waals surface area contributed by atoms with Gasteiger partial charge in [-0.25, -0.2) is 0 Å². The van der Waals surface area contributed by atoms with E-state index >= 15 is 0 Å². The molecular weight excluding hydrogens is 150 g/mol. The van der Waals surface area contributed by atoms with Crippen LogP contribution in [0.25, 0.3) is 0 Å². The van der Waals surface area contributed by atoms with E-state index in [9.17, 15) is 0 Å². The van der Waals surface area contributed by atoms with Gasteiger partial charge in [0, 0.05) is 12.2 Å². The van der Waals surface area contributed by atoms with Crippen LogP contribution in [-0.4, -0.2) is 16.5 Å². The fraction of sp³-hybridized carbons (Fsp3) is 0.556. The molecule has 66 valence electrons. The zero-order chi connectivity index (χ0) is 8.97. The maximum Gasteiger partial charge on any atom is 0.0753 e. The average Bonchev–Trinajstić information content (AvgIpc) is 2.06. The van der Waals surface area contributed by atoms with Gasteiger partial charge in [-0.15, -0.1) is 0 Å². The molecule has 3 heteroatoms. The molecule has 1 rings (SSSR count). The first-order valence-corrected chi connectivity index (χ1v) is 4.26. The Kier molecular flexibility index (Phi) is 3.17. The van der Waals surface area contributed by atoms with E-state index in [1.807, 2.05) is 13.1 Å². The number of nitrogens with one attached hydrogen (secondary N) is 1. The van der Waals surface area contributed by atoms with E-state index in [1.54, 1.807) is 6.20 Å². The maximum atomic E-state index is 4.27. The predicted octanol–water partition coefficient (Wildman–Crippen LogP) is 1.46. The molecule has 0 aliphatic carbocycles. The number of aromatic nitrogens is 2. The van der Waals surface area contributed by atoms with Gasteiger partial charge in [-0.2, -0.15) is 0 Å². The van der Waals surface area contributed by atoms with E-state index in [0.717, 1.165) is 17.9 Å². The topological polar surface area (TPSA) is 37.8 Å². The molecule has 0 aromatic carbocycles. The summed E-state index contributed by atoms with van der Waals surface area (Å²) in [6.07, 6.45) is 3.62. The third-order valence-corrected chi connectivity index (χ3v) is 1.75. The minimum absolute atomic E-state index is 0.295. The average molecular weight is 165 g/mol. The van der Waals surface area contributed by atoms with Gasteiger partial charge in [-0.05, 0) is 20.4 Å². The molecule has 0 saturated heterocycles. The fourth-order valence-corrected chi connectivity index (χ4v) is 1.04. The molecular formula is C9H15N3. The molecule has 12 heavy (non-hydrogen) atoms. The molecule has 0 saturated carbocycles. The van der Waals surface area contributed by atoms with Crippen LogP contribution in [0, 0.1) is 6.92 Å². The van der Waals surface area contributed by atoms with Crippen LogP contribution in [0.2, 0.25) is 0 Å². The Morgan fingerprint density at radius 2 is 2.17 bits per heavy atom. The van der Waals surface area contributed by atoms with E-state index in [2.05, 4.69) is 29.1 Å². The highest BCUT2D eigenvalue weighted by molar-refractivity contribution is 5.04. The molecule has 0 bridgehead atoms. The van der Waals surface area contributed by atoms with Crippen LogP contribution < -0.4 is 5.32 Å². The van der Waals surface area contributed by atoms with Crippen LogP contribution >= 0.6 is 0 Å². The highest BCUT2D eigenvalue weighted by Gasteiger charge is 2.03. The summed E-state index contributed by atoms with van der Waals surface area (Å²) in [5.74, 6) is 0. The van der Waals surface area contributed by atoms with Crippen molar-refractivity contribution in [2.75, 3.05) is 6.54 Å². The van der Waals surface area contributed by atoms with E-state index < -0.39 is 0 Å². The molecule has 1 N–H and O–H groups in total. The van der Waals surface area contributed by atoms with E-state index in [-0.39, 0.29) is 0 Å². The predicted molar refractivity (Wildman–Crippen MR) is 48.9 cm³/mol. The van der Waals surface area contributed by atoms with Crippen LogP contribution in [0.4, 0.5) is 0 Å². The minimum atomic E-state index is 0.295.